The quantitative estimate of drug-likeness (QED) is 0.541. The number of fused-ring (bicyclic) bond motifs is 1. The van der Waals surface area contributed by atoms with Crippen LogP contribution in [0.1, 0.15) is 24.7 Å². The first kappa shape index (κ1) is 16.4. The Kier molecular flexibility index (Phi) is 4.09. The van der Waals surface area contributed by atoms with Crippen molar-refractivity contribution in [3.8, 4) is 5.69 Å². The molecular formula is C20H20N6S. The van der Waals surface area contributed by atoms with Crippen LogP contribution in [-0.2, 0) is 0 Å². The van der Waals surface area contributed by atoms with E-state index in [1.165, 1.54) is 4.90 Å². The highest BCUT2D eigenvalue weighted by Gasteiger charge is 2.30. The van der Waals surface area contributed by atoms with Gasteiger partial charge in [0, 0.05) is 11.4 Å². The topological polar surface area (TPSA) is 62.6 Å². The number of anilines is 1. The molecule has 0 saturated carbocycles. The molecular weight excluding hydrogens is 356 g/mol. The number of H-pyrrole nitrogens is 1. The summed E-state index contributed by atoms with van der Waals surface area (Å²) in [5, 5.41) is 8.65. The van der Waals surface area contributed by atoms with E-state index in [1.807, 2.05) is 6.07 Å². The molecule has 0 bridgehead atoms. The van der Waals surface area contributed by atoms with E-state index in [-0.39, 0.29) is 6.04 Å². The number of para-hydroxylation sites is 2. The maximum atomic E-state index is 4.89. The van der Waals surface area contributed by atoms with Gasteiger partial charge in [0.15, 0.2) is 0 Å². The normalized spacial score (nSPS) is 17.1. The van der Waals surface area contributed by atoms with Gasteiger partial charge in [0.25, 0.3) is 0 Å². The standard InChI is InChI=1S/C20H20N6S/c1-27-14-8-9-15-16(13-14)24-20(23-15)19-7-4-12-25(19)17-5-2-3-6-18(17)26-21-10-11-22-26/h2-3,5-6,8-11,13,19H,4,7,12H2,1H3,(H,23,24)/t19-/m0/s1. The molecule has 0 unspecified atom stereocenters. The Hall–Kier alpha value is -2.80. The first-order valence-corrected chi connectivity index (χ1v) is 10.3. The fourth-order valence-corrected chi connectivity index (χ4v) is 4.29. The second-order valence-electron chi connectivity index (χ2n) is 6.66. The minimum Gasteiger partial charge on any atom is -0.360 e. The summed E-state index contributed by atoms with van der Waals surface area (Å²) in [7, 11) is 0. The number of thioether (sulfide) groups is 1. The Morgan fingerprint density at radius 1 is 1.07 bits per heavy atom. The predicted octanol–water partition coefficient (Wildman–Crippen LogP) is 4.21. The summed E-state index contributed by atoms with van der Waals surface area (Å²) in [6, 6.07) is 14.9. The monoisotopic (exact) mass is 376 g/mol. The van der Waals surface area contributed by atoms with Crippen LogP contribution in [0.25, 0.3) is 16.7 Å². The molecule has 0 radical (unpaired) electrons. The second kappa shape index (κ2) is 6.74. The van der Waals surface area contributed by atoms with Gasteiger partial charge in [-0.3, -0.25) is 0 Å². The van der Waals surface area contributed by atoms with Gasteiger partial charge in [0.05, 0.1) is 35.2 Å². The molecule has 27 heavy (non-hydrogen) atoms. The highest BCUT2D eigenvalue weighted by molar-refractivity contribution is 7.98. The lowest BCUT2D eigenvalue weighted by atomic mass is 10.2. The van der Waals surface area contributed by atoms with Gasteiger partial charge in [-0.2, -0.15) is 10.2 Å². The number of aromatic nitrogens is 5. The number of hydrogen-bond acceptors (Lipinski definition) is 5. The molecule has 0 aliphatic carbocycles. The van der Waals surface area contributed by atoms with E-state index >= 15 is 0 Å². The zero-order valence-corrected chi connectivity index (χ0v) is 15.9. The van der Waals surface area contributed by atoms with Crippen molar-refractivity contribution in [2.45, 2.75) is 23.8 Å². The molecule has 1 aliphatic rings. The average molecular weight is 376 g/mol. The molecule has 2 aromatic heterocycles. The van der Waals surface area contributed by atoms with Gasteiger partial charge < -0.3 is 9.88 Å². The molecule has 6 nitrogen and oxygen atoms in total. The van der Waals surface area contributed by atoms with Crippen LogP contribution >= 0.6 is 11.8 Å². The Labute approximate surface area is 161 Å². The number of benzene rings is 2. The van der Waals surface area contributed by atoms with E-state index in [0.717, 1.165) is 47.6 Å². The third kappa shape index (κ3) is 2.88. The molecule has 0 amide bonds. The number of nitrogens with one attached hydrogen (secondary N) is 1. The molecule has 136 valence electrons. The molecule has 1 aliphatic heterocycles. The van der Waals surface area contributed by atoms with Crippen LogP contribution in [0.4, 0.5) is 5.69 Å². The van der Waals surface area contributed by atoms with Crippen molar-refractivity contribution in [3.05, 3.63) is 60.7 Å². The number of hydrogen-bond donors (Lipinski definition) is 1. The largest absolute Gasteiger partial charge is 0.360 e. The summed E-state index contributed by atoms with van der Waals surface area (Å²) in [6.07, 6.45) is 7.73. The van der Waals surface area contributed by atoms with Crippen molar-refractivity contribution in [2.75, 3.05) is 17.7 Å². The molecule has 1 atom stereocenters. The Balaban J connectivity index is 1.55. The Bertz CT molecular complexity index is 1070. The van der Waals surface area contributed by atoms with Crippen LogP contribution in [0.3, 0.4) is 0 Å². The summed E-state index contributed by atoms with van der Waals surface area (Å²) in [4.78, 5) is 13.8. The zero-order valence-electron chi connectivity index (χ0n) is 15.0. The Morgan fingerprint density at radius 3 is 2.70 bits per heavy atom. The molecule has 1 N–H and O–H groups in total. The third-order valence-electron chi connectivity index (χ3n) is 5.10. The van der Waals surface area contributed by atoms with E-state index < -0.39 is 0 Å². The highest BCUT2D eigenvalue weighted by atomic mass is 32.2. The minimum absolute atomic E-state index is 0.229. The number of aromatic amines is 1. The van der Waals surface area contributed by atoms with E-state index in [2.05, 4.69) is 62.7 Å². The van der Waals surface area contributed by atoms with E-state index in [9.17, 15) is 0 Å². The molecule has 5 rings (SSSR count). The molecule has 1 fully saturated rings. The summed E-state index contributed by atoms with van der Waals surface area (Å²) >= 11 is 1.75. The summed E-state index contributed by atoms with van der Waals surface area (Å²) < 4.78 is 0. The molecule has 2 aromatic carbocycles. The van der Waals surface area contributed by atoms with Crippen molar-refractivity contribution >= 4 is 28.5 Å². The van der Waals surface area contributed by atoms with Crippen LogP contribution in [0.15, 0.2) is 59.8 Å². The maximum Gasteiger partial charge on any atom is 0.130 e. The number of nitrogens with zero attached hydrogens (tertiary/aromatic N) is 5. The van der Waals surface area contributed by atoms with Crippen LogP contribution in [0, 0.1) is 0 Å². The first-order chi connectivity index (χ1) is 13.3. The predicted molar refractivity (Wildman–Crippen MR) is 109 cm³/mol. The number of imidazole rings is 1. The van der Waals surface area contributed by atoms with E-state index in [0.29, 0.717) is 0 Å². The van der Waals surface area contributed by atoms with Gasteiger partial charge in [-0.05, 0) is 49.4 Å². The molecule has 1 saturated heterocycles. The average Bonchev–Trinajstić information content (AvgIpc) is 3.47. The lowest BCUT2D eigenvalue weighted by molar-refractivity contribution is 0.671. The van der Waals surface area contributed by atoms with Gasteiger partial charge >= 0.3 is 0 Å². The second-order valence-corrected chi connectivity index (χ2v) is 7.54. The fraction of sp³-hybridized carbons (Fsp3) is 0.250. The summed E-state index contributed by atoms with van der Waals surface area (Å²) in [6.45, 7) is 0.996. The molecule has 3 heterocycles. The van der Waals surface area contributed by atoms with Crippen LogP contribution < -0.4 is 4.90 Å². The van der Waals surface area contributed by atoms with Crippen molar-refractivity contribution in [1.29, 1.82) is 0 Å². The SMILES string of the molecule is CSc1ccc2nc([C@@H]3CCCN3c3ccccc3-n3nccn3)[nH]c2c1. The smallest absolute Gasteiger partial charge is 0.130 e. The zero-order chi connectivity index (χ0) is 18.2. The Morgan fingerprint density at radius 2 is 1.89 bits per heavy atom. The lowest BCUT2D eigenvalue weighted by Gasteiger charge is -2.27. The van der Waals surface area contributed by atoms with Gasteiger partial charge in [-0.15, -0.1) is 16.6 Å². The van der Waals surface area contributed by atoms with Crippen LogP contribution in [-0.4, -0.2) is 37.8 Å². The maximum absolute atomic E-state index is 4.89. The van der Waals surface area contributed by atoms with Gasteiger partial charge in [0.1, 0.15) is 11.5 Å². The summed E-state index contributed by atoms with van der Waals surface area (Å²) in [5.74, 6) is 1.03. The lowest BCUT2D eigenvalue weighted by Crippen LogP contribution is -2.25. The van der Waals surface area contributed by atoms with Crippen molar-refractivity contribution in [3.63, 3.8) is 0 Å². The van der Waals surface area contributed by atoms with Gasteiger partial charge in [-0.25, -0.2) is 4.98 Å². The van der Waals surface area contributed by atoms with Crippen LogP contribution in [0.2, 0.25) is 0 Å². The van der Waals surface area contributed by atoms with Gasteiger partial charge in [-0.1, -0.05) is 12.1 Å². The summed E-state index contributed by atoms with van der Waals surface area (Å²) in [5.41, 5.74) is 4.26. The third-order valence-corrected chi connectivity index (χ3v) is 5.83. The van der Waals surface area contributed by atoms with E-state index in [4.69, 9.17) is 4.98 Å². The van der Waals surface area contributed by atoms with Crippen molar-refractivity contribution in [1.82, 2.24) is 25.0 Å². The molecule has 0 spiro atoms. The van der Waals surface area contributed by atoms with Crippen molar-refractivity contribution in [2.24, 2.45) is 0 Å². The number of rotatable bonds is 4. The van der Waals surface area contributed by atoms with Gasteiger partial charge in [0.2, 0.25) is 0 Å². The molecule has 7 heteroatoms. The highest BCUT2D eigenvalue weighted by Crippen LogP contribution is 2.38. The minimum atomic E-state index is 0.229. The van der Waals surface area contributed by atoms with Crippen LogP contribution in [0.5, 0.6) is 0 Å². The first-order valence-electron chi connectivity index (χ1n) is 9.09. The van der Waals surface area contributed by atoms with E-state index in [1.54, 1.807) is 29.0 Å². The fourth-order valence-electron chi connectivity index (χ4n) is 3.85. The molecule has 4 aromatic rings. The van der Waals surface area contributed by atoms with Crippen molar-refractivity contribution < 1.29 is 0 Å².